The summed E-state index contributed by atoms with van der Waals surface area (Å²) in [5, 5.41) is 0.869. The van der Waals surface area contributed by atoms with Gasteiger partial charge in [-0.2, -0.15) is 0 Å². The Bertz CT molecular complexity index is 421. The van der Waals surface area contributed by atoms with Crippen LogP contribution in [0.1, 0.15) is 49.3 Å². The van der Waals surface area contributed by atoms with Crippen molar-refractivity contribution >= 4 is 11.6 Å². The number of benzene rings is 1. The third kappa shape index (κ3) is 3.29. The molecule has 0 nitrogen and oxygen atoms in total. The van der Waals surface area contributed by atoms with Crippen molar-refractivity contribution in [2.45, 2.75) is 46.5 Å². The zero-order valence-electron chi connectivity index (χ0n) is 10.5. The first-order chi connectivity index (χ1) is 7.56. The van der Waals surface area contributed by atoms with E-state index in [1.807, 2.05) is 0 Å². The predicted octanol–water partition coefficient (Wildman–Crippen LogP) is 4.86. The van der Waals surface area contributed by atoms with Crippen molar-refractivity contribution in [2.24, 2.45) is 0 Å². The Morgan fingerprint density at radius 2 is 1.81 bits per heavy atom. The monoisotopic (exact) mass is 234 g/mol. The lowest BCUT2D eigenvalue weighted by atomic mass is 9.94. The fraction of sp³-hybridized carbons (Fsp3) is 0.467. The first-order valence-corrected chi connectivity index (χ1v) is 6.16. The van der Waals surface area contributed by atoms with Crippen molar-refractivity contribution in [3.05, 3.63) is 33.8 Å². The van der Waals surface area contributed by atoms with Crippen molar-refractivity contribution in [2.75, 3.05) is 0 Å². The average Bonchev–Trinajstić information content (AvgIpc) is 2.23. The van der Waals surface area contributed by atoms with Gasteiger partial charge in [-0.15, -0.1) is 11.8 Å². The molecule has 1 rings (SSSR count). The highest BCUT2D eigenvalue weighted by molar-refractivity contribution is 6.31. The summed E-state index contributed by atoms with van der Waals surface area (Å²) in [5.41, 5.74) is 3.77. The molecule has 0 heterocycles. The van der Waals surface area contributed by atoms with Crippen molar-refractivity contribution < 1.29 is 0 Å². The maximum atomic E-state index is 6.26. The second-order valence-electron chi connectivity index (χ2n) is 4.27. The van der Waals surface area contributed by atoms with Gasteiger partial charge in [0.05, 0.1) is 0 Å². The Labute approximate surface area is 104 Å². The van der Waals surface area contributed by atoms with Crippen molar-refractivity contribution in [1.29, 1.82) is 0 Å². The van der Waals surface area contributed by atoms with Gasteiger partial charge >= 0.3 is 0 Å². The third-order valence-corrected chi connectivity index (χ3v) is 3.18. The molecular weight excluding hydrogens is 216 g/mol. The molecule has 0 fully saturated rings. The van der Waals surface area contributed by atoms with Gasteiger partial charge in [0, 0.05) is 17.9 Å². The molecule has 0 N–H and O–H groups in total. The van der Waals surface area contributed by atoms with Gasteiger partial charge in [-0.3, -0.25) is 0 Å². The molecule has 1 aromatic rings. The van der Waals surface area contributed by atoms with E-state index in [0.29, 0.717) is 5.92 Å². The molecule has 16 heavy (non-hydrogen) atoms. The number of hydrogen-bond acceptors (Lipinski definition) is 0. The number of halogens is 1. The van der Waals surface area contributed by atoms with Gasteiger partial charge in [0.2, 0.25) is 0 Å². The van der Waals surface area contributed by atoms with E-state index in [1.54, 1.807) is 0 Å². The first-order valence-electron chi connectivity index (χ1n) is 5.78. The van der Waals surface area contributed by atoms with E-state index in [-0.39, 0.29) is 0 Å². The quantitative estimate of drug-likeness (QED) is 0.641. The summed E-state index contributed by atoms with van der Waals surface area (Å²) in [6.45, 7) is 8.47. The standard InChI is InChI=1S/C15H19Cl/c1-5-6-7-8-11(2)14-9-12(3)13(4)10-15(14)16/h9-11H,5,8H2,1-4H3. The topological polar surface area (TPSA) is 0 Å². The lowest BCUT2D eigenvalue weighted by Gasteiger charge is -2.13. The Hall–Kier alpha value is -0.930. The average molecular weight is 235 g/mol. The molecule has 1 unspecified atom stereocenters. The van der Waals surface area contributed by atoms with Crippen LogP contribution >= 0.6 is 11.6 Å². The Balaban J connectivity index is 2.91. The zero-order chi connectivity index (χ0) is 12.1. The molecule has 1 atom stereocenters. The van der Waals surface area contributed by atoms with Gasteiger partial charge in [-0.25, -0.2) is 0 Å². The molecule has 0 saturated carbocycles. The molecular formula is C15H19Cl. The molecule has 0 aliphatic heterocycles. The van der Waals surface area contributed by atoms with Crippen LogP contribution in [0.25, 0.3) is 0 Å². The fourth-order valence-corrected chi connectivity index (χ4v) is 2.05. The summed E-state index contributed by atoms with van der Waals surface area (Å²) >= 11 is 6.26. The number of hydrogen-bond donors (Lipinski definition) is 0. The van der Waals surface area contributed by atoms with Crippen LogP contribution in [0, 0.1) is 25.7 Å². The van der Waals surface area contributed by atoms with Crippen LogP contribution in [0.5, 0.6) is 0 Å². The smallest absolute Gasteiger partial charge is 0.0443 e. The van der Waals surface area contributed by atoms with Gasteiger partial charge in [-0.05, 0) is 42.5 Å². The van der Waals surface area contributed by atoms with Crippen LogP contribution in [-0.4, -0.2) is 0 Å². The molecule has 0 spiro atoms. The molecule has 0 aromatic heterocycles. The minimum Gasteiger partial charge on any atom is -0.104 e. The van der Waals surface area contributed by atoms with Gasteiger partial charge in [0.25, 0.3) is 0 Å². The van der Waals surface area contributed by atoms with Crippen molar-refractivity contribution in [1.82, 2.24) is 0 Å². The van der Waals surface area contributed by atoms with Crippen molar-refractivity contribution in [3.8, 4) is 11.8 Å². The minimum atomic E-state index is 0.408. The van der Waals surface area contributed by atoms with E-state index < -0.39 is 0 Å². The summed E-state index contributed by atoms with van der Waals surface area (Å²) in [6, 6.07) is 4.24. The first kappa shape index (κ1) is 13.1. The summed E-state index contributed by atoms with van der Waals surface area (Å²) in [7, 11) is 0. The van der Waals surface area contributed by atoms with Crippen LogP contribution in [0.15, 0.2) is 12.1 Å². The Morgan fingerprint density at radius 3 is 2.44 bits per heavy atom. The van der Waals surface area contributed by atoms with E-state index in [4.69, 9.17) is 11.6 Å². The molecule has 0 bridgehead atoms. The SMILES string of the molecule is CCC#CCC(C)c1cc(C)c(C)cc1Cl. The highest BCUT2D eigenvalue weighted by Crippen LogP contribution is 2.29. The molecule has 0 saturated heterocycles. The maximum absolute atomic E-state index is 6.26. The van der Waals surface area contributed by atoms with Crippen LogP contribution in [0.2, 0.25) is 5.02 Å². The summed E-state index contributed by atoms with van der Waals surface area (Å²) in [6.07, 6.45) is 1.81. The molecule has 0 amide bonds. The van der Waals surface area contributed by atoms with E-state index in [1.165, 1.54) is 16.7 Å². The highest BCUT2D eigenvalue weighted by Gasteiger charge is 2.10. The lowest BCUT2D eigenvalue weighted by Crippen LogP contribution is -1.96. The predicted molar refractivity (Wildman–Crippen MR) is 72.0 cm³/mol. The van der Waals surface area contributed by atoms with Gasteiger partial charge in [0.15, 0.2) is 0 Å². The van der Waals surface area contributed by atoms with E-state index in [0.717, 1.165) is 17.9 Å². The van der Waals surface area contributed by atoms with Gasteiger partial charge < -0.3 is 0 Å². The van der Waals surface area contributed by atoms with Crippen LogP contribution in [0.3, 0.4) is 0 Å². The summed E-state index contributed by atoms with van der Waals surface area (Å²) in [5.74, 6) is 6.70. The summed E-state index contributed by atoms with van der Waals surface area (Å²) in [4.78, 5) is 0. The second kappa shape index (κ2) is 5.97. The Kier molecular flexibility index (Phi) is 4.90. The normalized spacial score (nSPS) is 11.8. The van der Waals surface area contributed by atoms with E-state index in [9.17, 15) is 0 Å². The van der Waals surface area contributed by atoms with Gasteiger partial charge in [-0.1, -0.05) is 31.5 Å². The molecule has 0 aliphatic carbocycles. The number of rotatable bonds is 2. The largest absolute Gasteiger partial charge is 0.104 e. The minimum absolute atomic E-state index is 0.408. The lowest BCUT2D eigenvalue weighted by molar-refractivity contribution is 0.793. The van der Waals surface area contributed by atoms with Crippen LogP contribution in [-0.2, 0) is 0 Å². The van der Waals surface area contributed by atoms with Crippen molar-refractivity contribution in [3.63, 3.8) is 0 Å². The Morgan fingerprint density at radius 1 is 1.19 bits per heavy atom. The zero-order valence-corrected chi connectivity index (χ0v) is 11.3. The van der Waals surface area contributed by atoms with E-state index in [2.05, 4.69) is 51.7 Å². The molecule has 0 radical (unpaired) electrons. The maximum Gasteiger partial charge on any atom is 0.0443 e. The molecule has 0 aliphatic rings. The molecule has 86 valence electrons. The van der Waals surface area contributed by atoms with Gasteiger partial charge in [0.1, 0.15) is 0 Å². The number of aryl methyl sites for hydroxylation is 2. The highest BCUT2D eigenvalue weighted by atomic mass is 35.5. The third-order valence-electron chi connectivity index (χ3n) is 2.85. The molecule has 1 aromatic carbocycles. The second-order valence-corrected chi connectivity index (χ2v) is 4.68. The summed E-state index contributed by atoms with van der Waals surface area (Å²) < 4.78 is 0. The van der Waals surface area contributed by atoms with Crippen LogP contribution < -0.4 is 0 Å². The van der Waals surface area contributed by atoms with Crippen LogP contribution in [0.4, 0.5) is 0 Å². The molecule has 1 heteroatoms. The fourth-order valence-electron chi connectivity index (χ4n) is 1.64. The van der Waals surface area contributed by atoms with E-state index >= 15 is 0 Å².